The second-order valence-electron chi connectivity index (χ2n) is 5.73. The summed E-state index contributed by atoms with van der Waals surface area (Å²) in [5.41, 5.74) is 1.40. The summed E-state index contributed by atoms with van der Waals surface area (Å²) in [5, 5.41) is 3.49. The van der Waals surface area contributed by atoms with Crippen LogP contribution in [0.4, 0.5) is 0 Å². The lowest BCUT2D eigenvalue weighted by Gasteiger charge is -2.16. The molecule has 1 unspecified atom stereocenters. The van der Waals surface area contributed by atoms with Crippen LogP contribution in [-0.4, -0.2) is 43.3 Å². The first-order valence-electron chi connectivity index (χ1n) is 7.51. The SMILES string of the molecule is c1ccc(CN2CCC(OCCNC3CC3)C2)cc1. The summed E-state index contributed by atoms with van der Waals surface area (Å²) in [4.78, 5) is 2.49. The van der Waals surface area contributed by atoms with E-state index in [-0.39, 0.29) is 0 Å². The van der Waals surface area contributed by atoms with Crippen LogP contribution in [0, 0.1) is 0 Å². The van der Waals surface area contributed by atoms with Gasteiger partial charge in [0.2, 0.25) is 0 Å². The largest absolute Gasteiger partial charge is 0.376 e. The minimum atomic E-state index is 0.435. The van der Waals surface area contributed by atoms with Crippen molar-refractivity contribution >= 4 is 0 Å². The van der Waals surface area contributed by atoms with Crippen LogP contribution in [0.1, 0.15) is 24.8 Å². The molecular weight excluding hydrogens is 236 g/mol. The van der Waals surface area contributed by atoms with Gasteiger partial charge in [-0.3, -0.25) is 4.90 Å². The molecule has 0 amide bonds. The Balaban J connectivity index is 1.33. The minimum Gasteiger partial charge on any atom is -0.376 e. The highest BCUT2D eigenvalue weighted by atomic mass is 16.5. The third-order valence-electron chi connectivity index (χ3n) is 3.94. The number of ether oxygens (including phenoxy) is 1. The van der Waals surface area contributed by atoms with Crippen LogP contribution in [0.3, 0.4) is 0 Å². The van der Waals surface area contributed by atoms with Crippen molar-refractivity contribution < 1.29 is 4.74 Å². The predicted octanol–water partition coefficient (Wildman–Crippen LogP) is 2.03. The second kappa shape index (κ2) is 6.51. The van der Waals surface area contributed by atoms with E-state index in [0.29, 0.717) is 6.10 Å². The molecule has 0 spiro atoms. The van der Waals surface area contributed by atoms with Gasteiger partial charge in [-0.2, -0.15) is 0 Å². The molecule has 0 aromatic heterocycles. The molecule has 1 aliphatic carbocycles. The number of nitrogens with zero attached hydrogens (tertiary/aromatic N) is 1. The summed E-state index contributed by atoms with van der Waals surface area (Å²) in [5.74, 6) is 0. The van der Waals surface area contributed by atoms with Gasteiger partial charge in [-0.25, -0.2) is 0 Å². The molecule has 0 radical (unpaired) electrons. The van der Waals surface area contributed by atoms with Crippen molar-refractivity contribution in [2.45, 2.75) is 38.0 Å². The Labute approximate surface area is 115 Å². The van der Waals surface area contributed by atoms with E-state index < -0.39 is 0 Å². The Morgan fingerprint density at radius 1 is 1.16 bits per heavy atom. The Bertz CT molecular complexity index is 378. The van der Waals surface area contributed by atoms with E-state index in [1.54, 1.807) is 0 Å². The fraction of sp³-hybridized carbons (Fsp3) is 0.625. The van der Waals surface area contributed by atoms with Gasteiger partial charge in [0, 0.05) is 32.2 Å². The van der Waals surface area contributed by atoms with E-state index in [2.05, 4.69) is 40.5 Å². The Kier molecular flexibility index (Phi) is 4.49. The third-order valence-corrected chi connectivity index (χ3v) is 3.94. The van der Waals surface area contributed by atoms with Crippen LogP contribution in [0.25, 0.3) is 0 Å². The summed E-state index contributed by atoms with van der Waals surface area (Å²) >= 11 is 0. The molecule has 3 rings (SSSR count). The van der Waals surface area contributed by atoms with Crippen molar-refractivity contribution in [3.05, 3.63) is 35.9 Å². The maximum absolute atomic E-state index is 5.94. The van der Waals surface area contributed by atoms with Gasteiger partial charge < -0.3 is 10.1 Å². The van der Waals surface area contributed by atoms with Crippen molar-refractivity contribution in [1.82, 2.24) is 10.2 Å². The summed E-state index contributed by atoms with van der Waals surface area (Å²) < 4.78 is 5.94. The predicted molar refractivity (Wildman–Crippen MR) is 77.1 cm³/mol. The van der Waals surface area contributed by atoms with Gasteiger partial charge in [0.05, 0.1) is 12.7 Å². The topological polar surface area (TPSA) is 24.5 Å². The van der Waals surface area contributed by atoms with Gasteiger partial charge in [-0.05, 0) is 24.8 Å². The molecule has 3 nitrogen and oxygen atoms in total. The van der Waals surface area contributed by atoms with Gasteiger partial charge in [0.1, 0.15) is 0 Å². The summed E-state index contributed by atoms with van der Waals surface area (Å²) in [6.07, 6.45) is 4.32. The van der Waals surface area contributed by atoms with E-state index in [0.717, 1.165) is 38.8 Å². The fourth-order valence-corrected chi connectivity index (χ4v) is 2.69. The number of nitrogens with one attached hydrogen (secondary N) is 1. The molecule has 1 aromatic carbocycles. The van der Waals surface area contributed by atoms with Crippen molar-refractivity contribution in [1.29, 1.82) is 0 Å². The monoisotopic (exact) mass is 260 g/mol. The average Bonchev–Trinajstić information content (AvgIpc) is 3.16. The molecule has 0 bridgehead atoms. The zero-order valence-corrected chi connectivity index (χ0v) is 11.6. The summed E-state index contributed by atoms with van der Waals surface area (Å²) in [6, 6.07) is 11.5. The smallest absolute Gasteiger partial charge is 0.0714 e. The molecule has 2 fully saturated rings. The molecule has 1 saturated carbocycles. The molecule has 1 saturated heterocycles. The fourth-order valence-electron chi connectivity index (χ4n) is 2.69. The molecule has 2 aliphatic rings. The van der Waals surface area contributed by atoms with E-state index in [9.17, 15) is 0 Å². The van der Waals surface area contributed by atoms with E-state index >= 15 is 0 Å². The number of hydrogen-bond acceptors (Lipinski definition) is 3. The molecule has 104 valence electrons. The van der Waals surface area contributed by atoms with Gasteiger partial charge in [-0.1, -0.05) is 30.3 Å². The third kappa shape index (κ3) is 4.30. The lowest BCUT2D eigenvalue weighted by atomic mass is 10.2. The summed E-state index contributed by atoms with van der Waals surface area (Å²) in [7, 11) is 0. The lowest BCUT2D eigenvalue weighted by Crippen LogP contribution is -2.27. The molecule has 1 heterocycles. The Morgan fingerprint density at radius 3 is 2.79 bits per heavy atom. The number of benzene rings is 1. The van der Waals surface area contributed by atoms with Crippen LogP contribution in [0.2, 0.25) is 0 Å². The van der Waals surface area contributed by atoms with Crippen LogP contribution in [0.5, 0.6) is 0 Å². The first kappa shape index (κ1) is 13.1. The van der Waals surface area contributed by atoms with Gasteiger partial charge in [0.25, 0.3) is 0 Å². The quantitative estimate of drug-likeness (QED) is 0.759. The molecule has 1 aromatic rings. The first-order chi connectivity index (χ1) is 9.40. The second-order valence-corrected chi connectivity index (χ2v) is 5.73. The van der Waals surface area contributed by atoms with Crippen molar-refractivity contribution in [3.63, 3.8) is 0 Å². The standard InChI is InChI=1S/C16H24N2O/c1-2-4-14(5-3-1)12-18-10-8-16(13-18)19-11-9-17-15-6-7-15/h1-5,15-17H,6-13H2. The Morgan fingerprint density at radius 2 is 2.00 bits per heavy atom. The zero-order chi connectivity index (χ0) is 12.9. The maximum Gasteiger partial charge on any atom is 0.0714 e. The van der Waals surface area contributed by atoms with Crippen molar-refractivity contribution in [2.75, 3.05) is 26.2 Å². The van der Waals surface area contributed by atoms with Crippen LogP contribution in [-0.2, 0) is 11.3 Å². The minimum absolute atomic E-state index is 0.435. The van der Waals surface area contributed by atoms with E-state index in [1.807, 2.05) is 0 Å². The maximum atomic E-state index is 5.94. The molecular formula is C16H24N2O. The lowest BCUT2D eigenvalue weighted by molar-refractivity contribution is 0.0603. The highest BCUT2D eigenvalue weighted by molar-refractivity contribution is 5.14. The molecule has 1 N–H and O–H groups in total. The van der Waals surface area contributed by atoms with E-state index in [1.165, 1.54) is 24.8 Å². The van der Waals surface area contributed by atoms with Crippen molar-refractivity contribution in [2.24, 2.45) is 0 Å². The highest BCUT2D eigenvalue weighted by Crippen LogP contribution is 2.18. The number of hydrogen-bond donors (Lipinski definition) is 1. The normalized spacial score (nSPS) is 23.9. The average molecular weight is 260 g/mol. The van der Waals surface area contributed by atoms with Gasteiger partial charge in [0.15, 0.2) is 0 Å². The van der Waals surface area contributed by atoms with Crippen molar-refractivity contribution in [3.8, 4) is 0 Å². The number of rotatable bonds is 7. The van der Waals surface area contributed by atoms with Crippen LogP contribution >= 0.6 is 0 Å². The van der Waals surface area contributed by atoms with Gasteiger partial charge >= 0.3 is 0 Å². The van der Waals surface area contributed by atoms with Crippen LogP contribution in [0.15, 0.2) is 30.3 Å². The first-order valence-corrected chi connectivity index (χ1v) is 7.51. The summed E-state index contributed by atoms with van der Waals surface area (Å²) in [6.45, 7) is 5.18. The van der Waals surface area contributed by atoms with Crippen LogP contribution < -0.4 is 5.32 Å². The highest BCUT2D eigenvalue weighted by Gasteiger charge is 2.23. The van der Waals surface area contributed by atoms with Gasteiger partial charge in [-0.15, -0.1) is 0 Å². The van der Waals surface area contributed by atoms with E-state index in [4.69, 9.17) is 4.74 Å². The Hall–Kier alpha value is -0.900. The zero-order valence-electron chi connectivity index (χ0n) is 11.6. The number of likely N-dealkylation sites (tertiary alicyclic amines) is 1. The molecule has 3 heteroatoms. The molecule has 19 heavy (non-hydrogen) atoms. The molecule has 1 aliphatic heterocycles. The molecule has 1 atom stereocenters.